The van der Waals surface area contributed by atoms with E-state index in [2.05, 4.69) is 43.0 Å². The van der Waals surface area contributed by atoms with Crippen LogP contribution in [0.1, 0.15) is 30.4 Å². The molecule has 21 heavy (non-hydrogen) atoms. The summed E-state index contributed by atoms with van der Waals surface area (Å²) in [5.41, 5.74) is 4.46. The van der Waals surface area contributed by atoms with Gasteiger partial charge in [-0.15, -0.1) is 5.92 Å². The Labute approximate surface area is 125 Å². The number of aryl methyl sites for hydroxylation is 1. The number of benzene rings is 2. The normalized spacial score (nSPS) is 11.3. The SMILES string of the molecule is CC#CC(CC(=O)O)c1ccc(-c2ccc(C)cc2)cc1. The molecule has 0 saturated heterocycles. The van der Waals surface area contributed by atoms with E-state index in [9.17, 15) is 4.79 Å². The fourth-order valence-corrected chi connectivity index (χ4v) is 2.25. The summed E-state index contributed by atoms with van der Waals surface area (Å²) >= 11 is 0. The van der Waals surface area contributed by atoms with E-state index in [1.54, 1.807) is 6.92 Å². The molecule has 106 valence electrons. The van der Waals surface area contributed by atoms with Crippen molar-refractivity contribution < 1.29 is 9.90 Å². The van der Waals surface area contributed by atoms with Gasteiger partial charge in [0.2, 0.25) is 0 Å². The molecule has 2 heteroatoms. The number of hydrogen-bond acceptors (Lipinski definition) is 1. The summed E-state index contributed by atoms with van der Waals surface area (Å²) in [6.07, 6.45) is 0.0325. The third-order valence-corrected chi connectivity index (χ3v) is 3.40. The quantitative estimate of drug-likeness (QED) is 0.849. The van der Waals surface area contributed by atoms with Crippen LogP contribution in [0, 0.1) is 18.8 Å². The number of rotatable bonds is 4. The van der Waals surface area contributed by atoms with E-state index >= 15 is 0 Å². The molecule has 0 spiro atoms. The Bertz CT molecular complexity index is 670. The number of aliphatic carboxylic acids is 1. The van der Waals surface area contributed by atoms with Gasteiger partial charge in [0.05, 0.1) is 12.3 Å². The molecule has 0 heterocycles. The van der Waals surface area contributed by atoms with Gasteiger partial charge in [0, 0.05) is 0 Å². The Morgan fingerprint density at radius 1 is 1.05 bits per heavy atom. The highest BCUT2D eigenvalue weighted by molar-refractivity contribution is 5.69. The summed E-state index contributed by atoms with van der Waals surface area (Å²) in [5, 5.41) is 8.96. The standard InChI is InChI=1S/C19H18O2/c1-3-4-18(13-19(20)21)17-11-9-16(10-12-17)15-7-5-14(2)6-8-15/h5-12,18H,13H2,1-2H3,(H,20,21). The molecule has 2 nitrogen and oxygen atoms in total. The van der Waals surface area contributed by atoms with Crippen molar-refractivity contribution in [2.75, 3.05) is 0 Å². The van der Waals surface area contributed by atoms with Crippen molar-refractivity contribution in [3.8, 4) is 23.0 Å². The van der Waals surface area contributed by atoms with Crippen molar-refractivity contribution in [1.82, 2.24) is 0 Å². The van der Waals surface area contributed by atoms with Gasteiger partial charge in [-0.2, -0.15) is 0 Å². The van der Waals surface area contributed by atoms with Gasteiger partial charge in [0.15, 0.2) is 0 Å². The minimum absolute atomic E-state index is 0.0325. The topological polar surface area (TPSA) is 37.3 Å². The first-order valence-corrected chi connectivity index (χ1v) is 6.91. The van der Waals surface area contributed by atoms with Gasteiger partial charge < -0.3 is 5.11 Å². The summed E-state index contributed by atoms with van der Waals surface area (Å²) in [6, 6.07) is 16.3. The van der Waals surface area contributed by atoms with E-state index in [-0.39, 0.29) is 12.3 Å². The maximum atomic E-state index is 10.9. The van der Waals surface area contributed by atoms with Crippen LogP contribution in [0.15, 0.2) is 48.5 Å². The fraction of sp³-hybridized carbons (Fsp3) is 0.211. The molecule has 0 aliphatic rings. The summed E-state index contributed by atoms with van der Waals surface area (Å²) in [7, 11) is 0. The summed E-state index contributed by atoms with van der Waals surface area (Å²) < 4.78 is 0. The van der Waals surface area contributed by atoms with Crippen molar-refractivity contribution in [2.45, 2.75) is 26.2 Å². The van der Waals surface area contributed by atoms with E-state index in [4.69, 9.17) is 5.11 Å². The third-order valence-electron chi connectivity index (χ3n) is 3.40. The van der Waals surface area contributed by atoms with Gasteiger partial charge in [0.25, 0.3) is 0 Å². The minimum atomic E-state index is -0.828. The molecule has 0 aromatic heterocycles. The number of carbonyl (C=O) groups is 1. The second kappa shape index (κ2) is 6.76. The van der Waals surface area contributed by atoms with Crippen LogP contribution < -0.4 is 0 Å². The molecule has 0 radical (unpaired) electrons. The first kappa shape index (κ1) is 14.9. The van der Waals surface area contributed by atoms with Crippen molar-refractivity contribution in [2.24, 2.45) is 0 Å². The van der Waals surface area contributed by atoms with Gasteiger partial charge in [-0.3, -0.25) is 4.79 Å². The summed E-state index contributed by atoms with van der Waals surface area (Å²) in [5.74, 6) is 4.70. The smallest absolute Gasteiger partial charge is 0.304 e. The van der Waals surface area contributed by atoms with Crippen LogP contribution in [-0.4, -0.2) is 11.1 Å². The van der Waals surface area contributed by atoms with Crippen LogP contribution in [0.4, 0.5) is 0 Å². The lowest BCUT2D eigenvalue weighted by atomic mass is 9.94. The molecule has 0 bridgehead atoms. The van der Waals surface area contributed by atoms with E-state index in [1.165, 1.54) is 5.56 Å². The third kappa shape index (κ3) is 3.97. The van der Waals surface area contributed by atoms with Gasteiger partial charge in [0.1, 0.15) is 0 Å². The Balaban J connectivity index is 2.26. The van der Waals surface area contributed by atoms with Crippen LogP contribution in [0.25, 0.3) is 11.1 Å². The maximum Gasteiger partial charge on any atom is 0.304 e. The highest BCUT2D eigenvalue weighted by Gasteiger charge is 2.13. The van der Waals surface area contributed by atoms with Crippen molar-refractivity contribution in [1.29, 1.82) is 0 Å². The van der Waals surface area contributed by atoms with Gasteiger partial charge in [-0.25, -0.2) is 0 Å². The van der Waals surface area contributed by atoms with Gasteiger partial charge >= 0.3 is 5.97 Å². The number of carboxylic acid groups (broad SMARTS) is 1. The van der Waals surface area contributed by atoms with E-state index in [0.717, 1.165) is 16.7 Å². The molecule has 2 aromatic rings. The first-order chi connectivity index (χ1) is 10.1. The lowest BCUT2D eigenvalue weighted by Gasteiger charge is -2.10. The first-order valence-electron chi connectivity index (χ1n) is 6.91. The van der Waals surface area contributed by atoms with Crippen LogP contribution >= 0.6 is 0 Å². The van der Waals surface area contributed by atoms with E-state index < -0.39 is 5.97 Å². The minimum Gasteiger partial charge on any atom is -0.481 e. The molecule has 0 amide bonds. The van der Waals surface area contributed by atoms with Crippen molar-refractivity contribution in [3.05, 3.63) is 59.7 Å². The molecule has 1 unspecified atom stereocenters. The highest BCUT2D eigenvalue weighted by atomic mass is 16.4. The molecule has 0 aliphatic heterocycles. The second-order valence-electron chi connectivity index (χ2n) is 5.03. The van der Waals surface area contributed by atoms with E-state index in [1.807, 2.05) is 24.3 Å². The molecular formula is C19H18O2. The number of carboxylic acids is 1. The molecular weight excluding hydrogens is 260 g/mol. The fourth-order valence-electron chi connectivity index (χ4n) is 2.25. The Morgan fingerprint density at radius 3 is 2.05 bits per heavy atom. The van der Waals surface area contributed by atoms with Crippen molar-refractivity contribution >= 4 is 5.97 Å². The average Bonchev–Trinajstić information content (AvgIpc) is 2.47. The lowest BCUT2D eigenvalue weighted by Crippen LogP contribution is -2.04. The Kier molecular flexibility index (Phi) is 4.79. The molecule has 2 rings (SSSR count). The zero-order valence-corrected chi connectivity index (χ0v) is 12.3. The molecule has 0 fully saturated rings. The van der Waals surface area contributed by atoms with Crippen LogP contribution in [0.2, 0.25) is 0 Å². The monoisotopic (exact) mass is 278 g/mol. The summed E-state index contributed by atoms with van der Waals surface area (Å²) in [4.78, 5) is 10.9. The van der Waals surface area contributed by atoms with E-state index in [0.29, 0.717) is 0 Å². The highest BCUT2D eigenvalue weighted by Crippen LogP contribution is 2.24. The lowest BCUT2D eigenvalue weighted by molar-refractivity contribution is -0.137. The molecule has 1 N–H and O–H groups in total. The van der Waals surface area contributed by atoms with Crippen molar-refractivity contribution in [3.63, 3.8) is 0 Å². The maximum absolute atomic E-state index is 10.9. The predicted molar refractivity (Wildman–Crippen MR) is 85.1 cm³/mol. The predicted octanol–water partition coefficient (Wildman–Crippen LogP) is 4.24. The Morgan fingerprint density at radius 2 is 1.57 bits per heavy atom. The summed E-state index contributed by atoms with van der Waals surface area (Å²) in [6.45, 7) is 3.79. The zero-order valence-electron chi connectivity index (χ0n) is 12.3. The average molecular weight is 278 g/mol. The second-order valence-corrected chi connectivity index (χ2v) is 5.03. The number of hydrogen-bond donors (Lipinski definition) is 1. The van der Waals surface area contributed by atoms with Gasteiger partial charge in [-0.1, -0.05) is 60.0 Å². The Hall–Kier alpha value is -2.53. The zero-order chi connectivity index (χ0) is 15.2. The van der Waals surface area contributed by atoms with Crippen LogP contribution in [0.5, 0.6) is 0 Å². The molecule has 0 saturated carbocycles. The molecule has 1 atom stereocenters. The van der Waals surface area contributed by atoms with Crippen LogP contribution in [-0.2, 0) is 4.79 Å². The van der Waals surface area contributed by atoms with Crippen LogP contribution in [0.3, 0.4) is 0 Å². The molecule has 0 aliphatic carbocycles. The largest absolute Gasteiger partial charge is 0.481 e. The van der Waals surface area contributed by atoms with Gasteiger partial charge in [-0.05, 0) is 30.5 Å². The molecule has 2 aromatic carbocycles.